The van der Waals surface area contributed by atoms with Crippen molar-refractivity contribution in [1.29, 1.82) is 0 Å². The molecule has 3 rings (SSSR count). The number of hydrogen-bond donors (Lipinski definition) is 3. The van der Waals surface area contributed by atoms with Crippen molar-refractivity contribution in [3.63, 3.8) is 0 Å². The van der Waals surface area contributed by atoms with Gasteiger partial charge >= 0.3 is 5.63 Å². The summed E-state index contributed by atoms with van der Waals surface area (Å²) in [5.41, 5.74) is 1.82. The molecule has 0 bridgehead atoms. The fourth-order valence-corrected chi connectivity index (χ4v) is 3.06. The van der Waals surface area contributed by atoms with Gasteiger partial charge in [0.1, 0.15) is 18.8 Å². The lowest BCUT2D eigenvalue weighted by atomic mass is 9.99. The number of aromatic hydroxyl groups is 1. The molecule has 138 valence electrons. The molecule has 1 unspecified atom stereocenters. The van der Waals surface area contributed by atoms with Crippen LogP contribution in [0.4, 0.5) is 0 Å². The molecule has 0 saturated carbocycles. The predicted molar refractivity (Wildman–Crippen MR) is 96.8 cm³/mol. The van der Waals surface area contributed by atoms with E-state index >= 15 is 0 Å². The molecule has 0 fully saturated rings. The highest BCUT2D eigenvalue weighted by Crippen LogP contribution is 2.37. The number of aliphatic hydroxyl groups excluding tert-OH is 1. The highest BCUT2D eigenvalue weighted by molar-refractivity contribution is 6.33. The van der Waals surface area contributed by atoms with Crippen molar-refractivity contribution in [2.24, 2.45) is 0 Å². The number of halogens is 2. The molecule has 5 nitrogen and oxygen atoms in total. The van der Waals surface area contributed by atoms with Gasteiger partial charge in [-0.3, -0.25) is 0 Å². The van der Waals surface area contributed by atoms with Crippen LogP contribution < -0.4 is 23.3 Å². The molecule has 1 aromatic heterocycles. The minimum absolute atomic E-state index is 0. The van der Waals surface area contributed by atoms with E-state index in [-0.39, 0.29) is 23.2 Å². The van der Waals surface area contributed by atoms with Crippen molar-refractivity contribution in [2.45, 2.75) is 19.6 Å². The number of aliphatic hydroxyl groups is 1. The number of nitrogens with two attached hydrogens (primary N) is 1. The normalized spacial score (nSPS) is 12.0. The quantitative estimate of drug-likeness (QED) is 0.497. The summed E-state index contributed by atoms with van der Waals surface area (Å²) >= 11 is 6.20. The molecule has 1 heterocycles. The van der Waals surface area contributed by atoms with Crippen molar-refractivity contribution in [2.75, 3.05) is 6.54 Å². The number of quaternary nitrogens is 1. The van der Waals surface area contributed by atoms with Gasteiger partial charge in [0, 0.05) is 11.5 Å². The summed E-state index contributed by atoms with van der Waals surface area (Å²) in [5.74, 6) is -0.107. The third-order valence-electron chi connectivity index (χ3n) is 4.00. The van der Waals surface area contributed by atoms with E-state index in [4.69, 9.17) is 16.0 Å². The standard InChI is InChI=1S/C19H18ClNO4.ClH/c1-11(22)9-21-10-15-18(24)16(20)7-14-13(8-17(23)25-19(14)15)12-5-3-2-4-6-12;/h2-8,11,21-22,24H,9-10H2,1H3;1H. The molecule has 0 aliphatic rings. The smallest absolute Gasteiger partial charge is 0.336 e. The zero-order valence-corrected chi connectivity index (χ0v) is 15.6. The van der Waals surface area contributed by atoms with E-state index in [9.17, 15) is 15.0 Å². The average Bonchev–Trinajstić information content (AvgIpc) is 2.59. The van der Waals surface area contributed by atoms with Gasteiger partial charge in [-0.1, -0.05) is 41.9 Å². The van der Waals surface area contributed by atoms with Crippen molar-refractivity contribution >= 4 is 22.6 Å². The van der Waals surface area contributed by atoms with Gasteiger partial charge in [-0.05, 0) is 24.1 Å². The Morgan fingerprint density at radius 2 is 1.92 bits per heavy atom. The monoisotopic (exact) mass is 395 g/mol. The Morgan fingerprint density at radius 3 is 2.58 bits per heavy atom. The van der Waals surface area contributed by atoms with Gasteiger partial charge < -0.3 is 32.4 Å². The molecule has 0 amide bonds. The molecule has 0 spiro atoms. The Labute approximate surface area is 161 Å². The van der Waals surface area contributed by atoms with Crippen LogP contribution in [0.1, 0.15) is 12.5 Å². The van der Waals surface area contributed by atoms with E-state index in [2.05, 4.69) is 0 Å². The first-order chi connectivity index (χ1) is 12.0. The number of hydrogen-bond acceptors (Lipinski definition) is 4. The fourth-order valence-electron chi connectivity index (χ4n) is 2.83. The van der Waals surface area contributed by atoms with Crippen LogP contribution >= 0.6 is 11.6 Å². The lowest BCUT2D eigenvalue weighted by Crippen LogP contribution is -3.00. The highest BCUT2D eigenvalue weighted by Gasteiger charge is 2.19. The van der Waals surface area contributed by atoms with Crippen molar-refractivity contribution in [3.05, 3.63) is 63.5 Å². The van der Waals surface area contributed by atoms with Crippen molar-refractivity contribution in [3.8, 4) is 16.9 Å². The van der Waals surface area contributed by atoms with Crippen LogP contribution in [0.25, 0.3) is 22.1 Å². The van der Waals surface area contributed by atoms with Crippen LogP contribution in [0.2, 0.25) is 5.02 Å². The average molecular weight is 396 g/mol. The number of phenolic OH excluding ortho intramolecular Hbond substituents is 1. The second-order valence-corrected chi connectivity index (χ2v) is 6.39. The first kappa shape index (κ1) is 20.3. The summed E-state index contributed by atoms with van der Waals surface area (Å²) < 4.78 is 5.39. The van der Waals surface area contributed by atoms with E-state index in [1.165, 1.54) is 6.07 Å². The third kappa shape index (κ3) is 4.19. The Kier molecular flexibility index (Phi) is 6.67. The number of benzene rings is 2. The van der Waals surface area contributed by atoms with E-state index in [0.717, 1.165) is 5.56 Å². The molecule has 0 aliphatic carbocycles. The third-order valence-corrected chi connectivity index (χ3v) is 4.29. The van der Waals surface area contributed by atoms with Crippen LogP contribution in [0.15, 0.2) is 51.7 Å². The molecule has 26 heavy (non-hydrogen) atoms. The number of phenols is 1. The molecule has 7 heteroatoms. The Balaban J connectivity index is 0.00000243. The zero-order chi connectivity index (χ0) is 18.0. The van der Waals surface area contributed by atoms with Gasteiger partial charge in [-0.25, -0.2) is 4.79 Å². The van der Waals surface area contributed by atoms with Crippen LogP contribution in [-0.4, -0.2) is 22.9 Å². The van der Waals surface area contributed by atoms with Crippen LogP contribution in [0.3, 0.4) is 0 Å². The van der Waals surface area contributed by atoms with E-state index in [1.54, 1.807) is 13.0 Å². The van der Waals surface area contributed by atoms with Crippen LogP contribution in [0.5, 0.6) is 5.75 Å². The van der Waals surface area contributed by atoms with E-state index in [1.807, 2.05) is 35.6 Å². The van der Waals surface area contributed by atoms with Crippen molar-refractivity contribution < 1.29 is 32.4 Å². The predicted octanol–water partition coefficient (Wildman–Crippen LogP) is -0.733. The molecule has 0 radical (unpaired) electrons. The van der Waals surface area contributed by atoms with E-state index < -0.39 is 11.7 Å². The van der Waals surface area contributed by atoms with Crippen LogP contribution in [0, 0.1) is 0 Å². The maximum absolute atomic E-state index is 12.1. The summed E-state index contributed by atoms with van der Waals surface area (Å²) in [4.78, 5) is 12.1. The maximum atomic E-state index is 12.1. The molecule has 2 aromatic carbocycles. The molecule has 0 aliphatic heterocycles. The Bertz CT molecular complexity index is 955. The molecule has 4 N–H and O–H groups in total. The largest absolute Gasteiger partial charge is 1.00 e. The first-order valence-electron chi connectivity index (χ1n) is 8.00. The van der Waals surface area contributed by atoms with Crippen LogP contribution in [-0.2, 0) is 6.54 Å². The molecule has 1 atom stereocenters. The molecule has 3 aromatic rings. The van der Waals surface area contributed by atoms with E-state index in [0.29, 0.717) is 35.2 Å². The van der Waals surface area contributed by atoms with Gasteiger partial charge in [-0.15, -0.1) is 0 Å². The number of rotatable bonds is 5. The summed E-state index contributed by atoms with van der Waals surface area (Å²) in [6, 6.07) is 12.5. The topological polar surface area (TPSA) is 87.3 Å². The minimum atomic E-state index is -0.496. The fraction of sp³-hybridized carbons (Fsp3) is 0.211. The Hall–Kier alpha value is -2.05. The summed E-state index contributed by atoms with van der Waals surface area (Å²) in [5, 5.41) is 22.4. The first-order valence-corrected chi connectivity index (χ1v) is 8.38. The van der Waals surface area contributed by atoms with Gasteiger partial charge in [0.25, 0.3) is 0 Å². The van der Waals surface area contributed by atoms with Crippen molar-refractivity contribution in [1.82, 2.24) is 0 Å². The summed E-state index contributed by atoms with van der Waals surface area (Å²) in [6.07, 6.45) is -0.487. The zero-order valence-electron chi connectivity index (χ0n) is 14.1. The number of fused-ring (bicyclic) bond motifs is 1. The second-order valence-electron chi connectivity index (χ2n) is 5.98. The molecular weight excluding hydrogens is 377 g/mol. The lowest BCUT2D eigenvalue weighted by Gasteiger charge is -2.12. The molecular formula is C19H19Cl2NO4. The lowest BCUT2D eigenvalue weighted by molar-refractivity contribution is -0.675. The van der Waals surface area contributed by atoms with Gasteiger partial charge in [0.2, 0.25) is 0 Å². The molecule has 0 saturated heterocycles. The van der Waals surface area contributed by atoms with Gasteiger partial charge in [0.15, 0.2) is 5.58 Å². The SMILES string of the molecule is CC(O)C[NH2+]Cc1c(O)c(Cl)cc2c(-c3ccccc3)cc(=O)oc12.[Cl-]. The van der Waals surface area contributed by atoms with Gasteiger partial charge in [0.05, 0.1) is 16.7 Å². The highest BCUT2D eigenvalue weighted by atomic mass is 35.5. The maximum Gasteiger partial charge on any atom is 0.336 e. The minimum Gasteiger partial charge on any atom is -1.00 e. The Morgan fingerprint density at radius 1 is 1.23 bits per heavy atom. The summed E-state index contributed by atoms with van der Waals surface area (Å²) in [7, 11) is 0. The van der Waals surface area contributed by atoms with Gasteiger partial charge in [-0.2, -0.15) is 0 Å². The second kappa shape index (κ2) is 8.56. The summed E-state index contributed by atoms with van der Waals surface area (Å²) in [6.45, 7) is 2.46.